The first-order chi connectivity index (χ1) is 11.3. The lowest BCUT2D eigenvalue weighted by Gasteiger charge is -2.24. The molecule has 24 heavy (non-hydrogen) atoms. The van der Waals surface area contributed by atoms with Crippen molar-refractivity contribution in [1.29, 1.82) is 0 Å². The minimum Gasteiger partial charge on any atom is -0.466 e. The molecule has 2 amide bonds. The van der Waals surface area contributed by atoms with Crippen molar-refractivity contribution in [1.82, 2.24) is 10.2 Å². The van der Waals surface area contributed by atoms with E-state index in [9.17, 15) is 27.6 Å². The van der Waals surface area contributed by atoms with Gasteiger partial charge in [-0.15, -0.1) is 0 Å². The Hall–Kier alpha value is -1.80. The first-order valence-electron chi connectivity index (χ1n) is 8.08. The highest BCUT2D eigenvalue weighted by molar-refractivity contribution is 5.90. The monoisotopic (exact) mass is 352 g/mol. The molecule has 138 valence electrons. The third kappa shape index (κ3) is 6.37. The van der Waals surface area contributed by atoms with Gasteiger partial charge in [0.25, 0.3) is 0 Å². The number of nitrogens with zero attached hydrogens (tertiary/aromatic N) is 1. The molecule has 1 saturated heterocycles. The lowest BCUT2D eigenvalue weighted by Crippen LogP contribution is -2.50. The molecule has 0 aromatic rings. The number of hydrogen-bond acceptors (Lipinski definition) is 4. The van der Waals surface area contributed by atoms with Crippen LogP contribution in [0, 0.1) is 0 Å². The number of amides is 2. The molecule has 0 aliphatic carbocycles. The van der Waals surface area contributed by atoms with Crippen molar-refractivity contribution in [3.8, 4) is 0 Å². The summed E-state index contributed by atoms with van der Waals surface area (Å²) in [7, 11) is 0. The van der Waals surface area contributed by atoms with Gasteiger partial charge in [-0.3, -0.25) is 14.4 Å². The molecule has 0 aromatic heterocycles. The van der Waals surface area contributed by atoms with Gasteiger partial charge >= 0.3 is 18.1 Å². The summed E-state index contributed by atoms with van der Waals surface area (Å²) in [6.07, 6.45) is -2.27. The molecular formula is C15H23F3N2O4. The number of nitrogens with one attached hydrogen (secondary N) is 1. The van der Waals surface area contributed by atoms with E-state index in [0.29, 0.717) is 24.3 Å². The smallest absolute Gasteiger partial charge is 0.466 e. The Bertz CT molecular complexity index is 454. The average molecular weight is 352 g/mol. The van der Waals surface area contributed by atoms with Crippen molar-refractivity contribution in [3.63, 3.8) is 0 Å². The van der Waals surface area contributed by atoms with Crippen LogP contribution >= 0.6 is 0 Å². The topological polar surface area (TPSA) is 75.7 Å². The molecule has 1 fully saturated rings. The summed E-state index contributed by atoms with van der Waals surface area (Å²) in [5.74, 6) is -2.98. The maximum Gasteiger partial charge on any atom is 0.471 e. The molecule has 0 aromatic carbocycles. The summed E-state index contributed by atoms with van der Waals surface area (Å²) in [5, 5.41) is 2.48. The van der Waals surface area contributed by atoms with Crippen LogP contribution in [0.15, 0.2) is 0 Å². The number of ether oxygens (including phenoxy) is 1. The molecule has 1 aliphatic rings. The van der Waals surface area contributed by atoms with Crippen LogP contribution in [0.3, 0.4) is 0 Å². The molecule has 1 N–H and O–H groups in total. The highest BCUT2D eigenvalue weighted by Gasteiger charge is 2.47. The quantitative estimate of drug-likeness (QED) is 0.534. The summed E-state index contributed by atoms with van der Waals surface area (Å²) in [5.41, 5.74) is 0. The van der Waals surface area contributed by atoms with E-state index in [0.717, 1.165) is 12.8 Å². The van der Waals surface area contributed by atoms with Crippen LogP contribution in [0.25, 0.3) is 0 Å². The van der Waals surface area contributed by atoms with E-state index < -0.39 is 24.0 Å². The molecule has 0 unspecified atom stereocenters. The first-order valence-corrected chi connectivity index (χ1v) is 8.08. The van der Waals surface area contributed by atoms with E-state index >= 15 is 0 Å². The van der Waals surface area contributed by atoms with Crippen molar-refractivity contribution in [2.75, 3.05) is 19.7 Å². The van der Waals surface area contributed by atoms with E-state index in [4.69, 9.17) is 4.74 Å². The molecular weight excluding hydrogens is 329 g/mol. The Morgan fingerprint density at radius 3 is 2.58 bits per heavy atom. The number of halogens is 3. The summed E-state index contributed by atoms with van der Waals surface area (Å²) < 4.78 is 42.4. The highest BCUT2D eigenvalue weighted by Crippen LogP contribution is 2.25. The molecule has 6 nitrogen and oxygen atoms in total. The van der Waals surface area contributed by atoms with E-state index in [1.54, 1.807) is 0 Å². The predicted molar refractivity (Wildman–Crippen MR) is 78.9 cm³/mol. The molecule has 1 rings (SSSR count). The first kappa shape index (κ1) is 20.2. The number of alkyl halides is 3. The highest BCUT2D eigenvalue weighted by atomic mass is 19.4. The van der Waals surface area contributed by atoms with E-state index in [-0.39, 0.29) is 31.9 Å². The summed E-state index contributed by atoms with van der Waals surface area (Å²) in [6, 6.07) is -1.10. The zero-order valence-corrected chi connectivity index (χ0v) is 13.7. The largest absolute Gasteiger partial charge is 0.471 e. The Kier molecular flexibility index (Phi) is 8.00. The number of unbranched alkanes of at least 4 members (excludes halogenated alkanes) is 1. The molecule has 0 bridgehead atoms. The van der Waals surface area contributed by atoms with Crippen LogP contribution in [0.5, 0.6) is 0 Å². The lowest BCUT2D eigenvalue weighted by atomic mass is 10.2. The summed E-state index contributed by atoms with van der Waals surface area (Å²) >= 11 is 0. The minimum atomic E-state index is -4.98. The van der Waals surface area contributed by atoms with Crippen LogP contribution in [0.4, 0.5) is 13.2 Å². The van der Waals surface area contributed by atoms with Gasteiger partial charge < -0.3 is 15.0 Å². The normalized spacial score (nSPS) is 17.7. The van der Waals surface area contributed by atoms with Gasteiger partial charge in [-0.2, -0.15) is 13.2 Å². The van der Waals surface area contributed by atoms with Gasteiger partial charge in [0.1, 0.15) is 6.04 Å². The second kappa shape index (κ2) is 9.48. The third-order valence-electron chi connectivity index (χ3n) is 3.68. The van der Waals surface area contributed by atoms with Crippen molar-refractivity contribution < 1.29 is 32.3 Å². The van der Waals surface area contributed by atoms with Crippen LogP contribution in [-0.4, -0.2) is 54.6 Å². The fraction of sp³-hybridized carbons (Fsp3) is 0.800. The number of rotatable bonds is 8. The number of carbonyl (C=O) groups is 3. The van der Waals surface area contributed by atoms with Crippen LogP contribution in [-0.2, 0) is 19.1 Å². The van der Waals surface area contributed by atoms with E-state index in [1.807, 2.05) is 6.92 Å². The van der Waals surface area contributed by atoms with Crippen LogP contribution in [0.2, 0.25) is 0 Å². The Morgan fingerprint density at radius 2 is 1.96 bits per heavy atom. The lowest BCUT2D eigenvalue weighted by molar-refractivity contribution is -0.186. The van der Waals surface area contributed by atoms with Gasteiger partial charge in [-0.25, -0.2) is 0 Å². The van der Waals surface area contributed by atoms with E-state index in [2.05, 4.69) is 5.32 Å². The Morgan fingerprint density at radius 1 is 1.25 bits per heavy atom. The van der Waals surface area contributed by atoms with Crippen molar-refractivity contribution in [2.45, 2.75) is 57.7 Å². The maximum absolute atomic E-state index is 12.5. The van der Waals surface area contributed by atoms with Crippen molar-refractivity contribution >= 4 is 17.8 Å². The second-order valence-corrected chi connectivity index (χ2v) is 5.62. The number of hydrogen-bond donors (Lipinski definition) is 1. The molecule has 0 radical (unpaired) electrons. The molecule has 1 aliphatic heterocycles. The fourth-order valence-electron chi connectivity index (χ4n) is 2.41. The minimum absolute atomic E-state index is 0.0832. The second-order valence-electron chi connectivity index (χ2n) is 5.62. The molecule has 0 saturated carbocycles. The number of esters is 1. The Balaban J connectivity index is 2.32. The molecule has 1 atom stereocenters. The summed E-state index contributed by atoms with van der Waals surface area (Å²) in [6.45, 7) is 2.39. The van der Waals surface area contributed by atoms with Crippen molar-refractivity contribution in [3.05, 3.63) is 0 Å². The summed E-state index contributed by atoms with van der Waals surface area (Å²) in [4.78, 5) is 35.2. The predicted octanol–water partition coefficient (Wildman–Crippen LogP) is 1.78. The van der Waals surface area contributed by atoms with E-state index in [1.165, 1.54) is 0 Å². The van der Waals surface area contributed by atoms with Crippen LogP contribution in [0.1, 0.15) is 45.4 Å². The van der Waals surface area contributed by atoms with Gasteiger partial charge in [0.05, 0.1) is 6.61 Å². The SMILES string of the molecule is CCCCOC(=O)CCCNC(=O)[C@@H]1CCCN1C(=O)C(F)(F)F. The third-order valence-corrected chi connectivity index (χ3v) is 3.68. The fourth-order valence-corrected chi connectivity index (χ4v) is 2.41. The standard InChI is InChI=1S/C15H23F3N2O4/c1-2-3-10-24-12(21)7-4-8-19-13(22)11-6-5-9-20(11)14(23)15(16,17)18/h11H,2-10H2,1H3,(H,19,22)/t11-/m0/s1. The zero-order valence-electron chi connectivity index (χ0n) is 13.7. The molecule has 9 heteroatoms. The van der Waals surface area contributed by atoms with Gasteiger partial charge in [0.15, 0.2) is 0 Å². The maximum atomic E-state index is 12.5. The van der Waals surface area contributed by atoms with Crippen molar-refractivity contribution in [2.24, 2.45) is 0 Å². The molecule has 1 heterocycles. The van der Waals surface area contributed by atoms with Gasteiger partial charge in [-0.05, 0) is 25.7 Å². The average Bonchev–Trinajstić information content (AvgIpc) is 2.99. The molecule has 0 spiro atoms. The van der Waals surface area contributed by atoms with Crippen LogP contribution < -0.4 is 5.32 Å². The number of likely N-dealkylation sites (tertiary alicyclic amines) is 1. The van der Waals surface area contributed by atoms with Gasteiger partial charge in [0, 0.05) is 19.5 Å². The van der Waals surface area contributed by atoms with Gasteiger partial charge in [0.2, 0.25) is 5.91 Å². The number of carbonyl (C=O) groups excluding carboxylic acids is 3. The van der Waals surface area contributed by atoms with Gasteiger partial charge in [-0.1, -0.05) is 13.3 Å². The Labute approximate surface area is 138 Å². The zero-order chi connectivity index (χ0) is 18.2.